The Morgan fingerprint density at radius 3 is 2.31 bits per heavy atom. The fourth-order valence-electron chi connectivity index (χ4n) is 0.800. The highest BCUT2D eigenvalue weighted by molar-refractivity contribution is 6.49. The first-order chi connectivity index (χ1) is 6.11. The van der Waals surface area contributed by atoms with Crippen LogP contribution in [0, 0.1) is 22.7 Å². The minimum absolute atomic E-state index is 0.356. The van der Waals surface area contributed by atoms with Gasteiger partial charge < -0.3 is 0 Å². The van der Waals surface area contributed by atoms with Gasteiger partial charge in [-0.15, -0.1) is 0 Å². The Balaban J connectivity index is 3.34. The van der Waals surface area contributed by atoms with E-state index in [9.17, 15) is 9.59 Å². The molecular weight excluding hydrogens is 192 g/mol. The SMILES string of the molecule is N#CC1=CC(=O)C(Cl)=C(C#N)C1=O. The lowest BCUT2D eigenvalue weighted by Gasteiger charge is -2.04. The maximum absolute atomic E-state index is 11.1. The number of carbonyl (C=O) groups excluding carboxylic acids is 2. The number of nitrogens with zero attached hydrogens (tertiary/aromatic N) is 2. The second-order valence-electron chi connectivity index (χ2n) is 2.16. The summed E-state index contributed by atoms with van der Waals surface area (Å²) < 4.78 is 0. The molecule has 62 valence electrons. The second kappa shape index (κ2) is 3.22. The molecule has 0 atom stereocenters. The normalized spacial score (nSPS) is 16.4. The fourth-order valence-corrected chi connectivity index (χ4v) is 0.983. The van der Waals surface area contributed by atoms with Gasteiger partial charge in [0.25, 0.3) is 0 Å². The molecule has 13 heavy (non-hydrogen) atoms. The van der Waals surface area contributed by atoms with E-state index >= 15 is 0 Å². The summed E-state index contributed by atoms with van der Waals surface area (Å²) in [6, 6.07) is 3.00. The van der Waals surface area contributed by atoms with E-state index in [1.165, 1.54) is 12.1 Å². The molecule has 5 heteroatoms. The number of carbonyl (C=O) groups is 2. The summed E-state index contributed by atoms with van der Waals surface area (Å²) in [7, 11) is 0. The van der Waals surface area contributed by atoms with Crippen LogP contribution in [0.2, 0.25) is 0 Å². The average Bonchev–Trinajstić information content (AvgIpc) is 2.12. The molecule has 0 aromatic rings. The van der Waals surface area contributed by atoms with Crippen molar-refractivity contribution in [3.05, 3.63) is 22.3 Å². The van der Waals surface area contributed by atoms with Gasteiger partial charge in [-0.2, -0.15) is 10.5 Å². The van der Waals surface area contributed by atoms with Crippen LogP contribution in [0.15, 0.2) is 22.3 Å². The number of hydrogen-bond acceptors (Lipinski definition) is 4. The number of allylic oxidation sites excluding steroid dienone is 4. The van der Waals surface area contributed by atoms with Crippen molar-refractivity contribution in [2.24, 2.45) is 0 Å². The summed E-state index contributed by atoms with van der Waals surface area (Å²) in [6.07, 6.45) is 0.825. The molecule has 0 saturated heterocycles. The Bertz CT molecular complexity index is 446. The van der Waals surface area contributed by atoms with Crippen molar-refractivity contribution in [3.63, 3.8) is 0 Å². The van der Waals surface area contributed by atoms with Crippen molar-refractivity contribution in [2.75, 3.05) is 0 Å². The lowest BCUT2D eigenvalue weighted by Crippen LogP contribution is -2.15. The Morgan fingerprint density at radius 1 is 1.23 bits per heavy atom. The van der Waals surface area contributed by atoms with Gasteiger partial charge in [0.15, 0.2) is 5.78 Å². The summed E-state index contributed by atoms with van der Waals surface area (Å²) in [6.45, 7) is 0. The van der Waals surface area contributed by atoms with Gasteiger partial charge in [0.1, 0.15) is 28.3 Å². The Labute approximate surface area is 78.3 Å². The van der Waals surface area contributed by atoms with E-state index in [1.807, 2.05) is 0 Å². The monoisotopic (exact) mass is 192 g/mol. The zero-order valence-electron chi connectivity index (χ0n) is 6.17. The van der Waals surface area contributed by atoms with Gasteiger partial charge in [0.2, 0.25) is 5.78 Å². The highest BCUT2D eigenvalue weighted by Crippen LogP contribution is 2.20. The van der Waals surface area contributed by atoms with E-state index in [1.54, 1.807) is 0 Å². The van der Waals surface area contributed by atoms with E-state index < -0.39 is 22.2 Å². The van der Waals surface area contributed by atoms with Crippen molar-refractivity contribution < 1.29 is 9.59 Å². The first-order valence-electron chi connectivity index (χ1n) is 3.12. The molecule has 4 nitrogen and oxygen atoms in total. The van der Waals surface area contributed by atoms with Crippen LogP contribution in [0.1, 0.15) is 0 Å². The molecular formula is C8HClN2O2. The number of rotatable bonds is 0. The zero-order chi connectivity index (χ0) is 10.0. The Kier molecular flexibility index (Phi) is 2.27. The van der Waals surface area contributed by atoms with Crippen LogP contribution < -0.4 is 0 Å². The number of halogens is 1. The molecule has 0 spiro atoms. The van der Waals surface area contributed by atoms with Crippen molar-refractivity contribution in [1.29, 1.82) is 10.5 Å². The molecule has 0 bridgehead atoms. The largest absolute Gasteiger partial charge is 0.288 e. The average molecular weight is 193 g/mol. The van der Waals surface area contributed by atoms with Crippen molar-refractivity contribution >= 4 is 23.2 Å². The van der Waals surface area contributed by atoms with Gasteiger partial charge in [-0.1, -0.05) is 11.6 Å². The molecule has 0 radical (unpaired) electrons. The Hall–Kier alpha value is -1.91. The molecule has 1 aliphatic carbocycles. The molecule has 0 heterocycles. The third kappa shape index (κ3) is 1.35. The van der Waals surface area contributed by atoms with Gasteiger partial charge in [0.05, 0.1) is 0 Å². The number of hydrogen-bond donors (Lipinski definition) is 0. The zero-order valence-corrected chi connectivity index (χ0v) is 6.92. The maximum atomic E-state index is 11.1. The molecule has 0 amide bonds. The minimum Gasteiger partial charge on any atom is -0.288 e. The van der Waals surface area contributed by atoms with E-state index in [2.05, 4.69) is 0 Å². The smallest absolute Gasteiger partial charge is 0.215 e. The van der Waals surface area contributed by atoms with Crippen LogP contribution in [0.4, 0.5) is 0 Å². The molecule has 1 aliphatic rings. The van der Waals surface area contributed by atoms with Crippen LogP contribution in [0.25, 0.3) is 0 Å². The lowest BCUT2D eigenvalue weighted by atomic mass is 9.97. The number of Topliss-reactive ketones (excluding diaryl/α,β-unsaturated/α-hetero) is 1. The van der Waals surface area contributed by atoms with Crippen LogP contribution in [0.3, 0.4) is 0 Å². The second-order valence-corrected chi connectivity index (χ2v) is 2.54. The summed E-state index contributed by atoms with van der Waals surface area (Å²) in [5.41, 5.74) is -0.823. The van der Waals surface area contributed by atoms with Crippen LogP contribution in [-0.2, 0) is 9.59 Å². The number of nitriles is 2. The predicted octanol–water partition coefficient (Wildman–Crippen LogP) is 0.605. The minimum atomic E-state index is -0.797. The third-order valence-corrected chi connectivity index (χ3v) is 1.79. The highest BCUT2D eigenvalue weighted by atomic mass is 35.5. The van der Waals surface area contributed by atoms with Crippen LogP contribution in [0.5, 0.6) is 0 Å². The highest BCUT2D eigenvalue weighted by Gasteiger charge is 2.27. The maximum Gasteiger partial charge on any atom is 0.215 e. The van der Waals surface area contributed by atoms with E-state index in [0.717, 1.165) is 6.08 Å². The Morgan fingerprint density at radius 2 is 1.85 bits per heavy atom. The number of ketones is 2. The molecule has 0 aliphatic heterocycles. The lowest BCUT2D eigenvalue weighted by molar-refractivity contribution is -0.115. The molecule has 0 N–H and O–H groups in total. The van der Waals surface area contributed by atoms with Crippen molar-refractivity contribution in [2.45, 2.75) is 0 Å². The molecule has 0 aromatic heterocycles. The summed E-state index contributed by atoms with van der Waals surface area (Å²) >= 11 is 5.38. The van der Waals surface area contributed by atoms with Gasteiger partial charge in [-0.25, -0.2) is 0 Å². The third-order valence-electron chi connectivity index (χ3n) is 1.42. The summed E-state index contributed by atoms with van der Waals surface area (Å²) in [5, 5.41) is 16.4. The fraction of sp³-hybridized carbons (Fsp3) is 0. The van der Waals surface area contributed by atoms with Gasteiger partial charge in [-0.3, -0.25) is 9.59 Å². The predicted molar refractivity (Wildman–Crippen MR) is 42.2 cm³/mol. The molecule has 0 unspecified atom stereocenters. The van der Waals surface area contributed by atoms with Crippen LogP contribution in [-0.4, -0.2) is 11.6 Å². The first kappa shape index (κ1) is 9.18. The van der Waals surface area contributed by atoms with Crippen molar-refractivity contribution in [3.8, 4) is 12.1 Å². The van der Waals surface area contributed by atoms with Gasteiger partial charge in [-0.05, 0) is 0 Å². The molecule has 0 saturated carbocycles. The standard InChI is InChI=1S/C8HClN2O2/c9-7-5(3-11)8(13)4(2-10)1-6(7)12/h1H. The van der Waals surface area contributed by atoms with E-state index in [4.69, 9.17) is 22.1 Å². The van der Waals surface area contributed by atoms with Gasteiger partial charge in [0, 0.05) is 6.08 Å². The first-order valence-corrected chi connectivity index (χ1v) is 3.50. The molecule has 1 rings (SSSR count). The van der Waals surface area contributed by atoms with Crippen LogP contribution >= 0.6 is 11.6 Å². The summed E-state index contributed by atoms with van der Waals surface area (Å²) in [5.74, 6) is -1.48. The van der Waals surface area contributed by atoms with Crippen molar-refractivity contribution in [1.82, 2.24) is 0 Å². The molecule has 0 fully saturated rings. The van der Waals surface area contributed by atoms with E-state index in [0.29, 0.717) is 0 Å². The quantitative estimate of drug-likeness (QED) is 0.527. The van der Waals surface area contributed by atoms with Gasteiger partial charge >= 0.3 is 0 Å². The topological polar surface area (TPSA) is 81.7 Å². The summed E-state index contributed by atoms with van der Waals surface area (Å²) in [4.78, 5) is 22.1. The molecule has 0 aromatic carbocycles. The van der Waals surface area contributed by atoms with E-state index in [-0.39, 0.29) is 5.57 Å².